The fraction of sp³-hybridized carbons (Fsp3) is 0.647. The molecule has 0 bridgehead atoms. The Morgan fingerprint density at radius 3 is 2.16 bits per heavy atom. The lowest BCUT2D eigenvalue weighted by atomic mass is 9.61. The van der Waals surface area contributed by atoms with Crippen LogP contribution < -0.4 is 4.74 Å². The predicted octanol–water partition coefficient (Wildman–Crippen LogP) is 8.56. The smallest absolute Gasteiger partial charge is 0.130 e. The molecular formula is C34H52O4. The highest BCUT2D eigenvalue weighted by atomic mass is 16.5. The third-order valence-corrected chi connectivity index (χ3v) is 7.96. The van der Waals surface area contributed by atoms with E-state index in [0.29, 0.717) is 43.0 Å². The third kappa shape index (κ3) is 7.83. The van der Waals surface area contributed by atoms with Gasteiger partial charge in [-0.05, 0) is 76.7 Å². The number of hydrogen-bond acceptors (Lipinski definition) is 4. The molecule has 0 amide bonds. The molecule has 1 aliphatic carbocycles. The summed E-state index contributed by atoms with van der Waals surface area (Å²) < 4.78 is 18.1. The Balaban J connectivity index is 1.73. The van der Waals surface area contributed by atoms with Crippen molar-refractivity contribution in [1.82, 2.24) is 0 Å². The Morgan fingerprint density at radius 1 is 0.921 bits per heavy atom. The predicted molar refractivity (Wildman–Crippen MR) is 157 cm³/mol. The number of benzene rings is 2. The van der Waals surface area contributed by atoms with Gasteiger partial charge in [0.2, 0.25) is 0 Å². The van der Waals surface area contributed by atoms with Crippen LogP contribution in [0.4, 0.5) is 0 Å². The Labute approximate surface area is 232 Å². The van der Waals surface area contributed by atoms with Gasteiger partial charge in [0, 0.05) is 18.2 Å². The van der Waals surface area contributed by atoms with Crippen molar-refractivity contribution in [3.8, 4) is 5.75 Å². The summed E-state index contributed by atoms with van der Waals surface area (Å²) in [5.41, 5.74) is 6.29. The van der Waals surface area contributed by atoms with Crippen LogP contribution in [0.15, 0.2) is 36.4 Å². The second kappa shape index (κ2) is 13.0. The van der Waals surface area contributed by atoms with Crippen molar-refractivity contribution in [1.29, 1.82) is 0 Å². The van der Waals surface area contributed by atoms with E-state index >= 15 is 0 Å². The number of fused-ring (bicyclic) bond motifs is 1. The highest BCUT2D eigenvalue weighted by Gasteiger charge is 2.39. The molecule has 38 heavy (non-hydrogen) atoms. The summed E-state index contributed by atoms with van der Waals surface area (Å²) in [7, 11) is 1.69. The van der Waals surface area contributed by atoms with Gasteiger partial charge in [-0.1, -0.05) is 79.7 Å². The van der Waals surface area contributed by atoms with Crippen molar-refractivity contribution in [2.45, 2.75) is 106 Å². The minimum atomic E-state index is -0.0611. The standard InChI is InChI=1S/C34H52O4/c1-23(2)24-18-25(21-35)32(26(19-24)22-36-9)38-17-16-37-31-15-14-28(27-12-10-11-13-29(27)31)30(34(6,7)8)20-33(3,4)5/h10-13,18-19,23,28,30-31,35H,14-17,20-22H2,1-9H3. The zero-order valence-corrected chi connectivity index (χ0v) is 25.4. The summed E-state index contributed by atoms with van der Waals surface area (Å²) in [4.78, 5) is 0. The SMILES string of the molecule is COCc1cc(C(C)C)cc(CO)c1OCCOC1CCC(C(CC(C)(C)C)C(C)(C)C)c2ccccc21. The Hall–Kier alpha value is -1.88. The van der Waals surface area contributed by atoms with Gasteiger partial charge in [-0.2, -0.15) is 0 Å². The van der Waals surface area contributed by atoms with E-state index in [1.807, 2.05) is 6.07 Å². The Bertz CT molecular complexity index is 1030. The van der Waals surface area contributed by atoms with Gasteiger partial charge in [0.25, 0.3) is 0 Å². The van der Waals surface area contributed by atoms with Gasteiger partial charge in [-0.25, -0.2) is 0 Å². The van der Waals surface area contributed by atoms with Gasteiger partial charge in [-0.15, -0.1) is 0 Å². The van der Waals surface area contributed by atoms with Gasteiger partial charge < -0.3 is 19.3 Å². The molecule has 2 aromatic rings. The highest BCUT2D eigenvalue weighted by molar-refractivity contribution is 5.45. The molecule has 0 aliphatic heterocycles. The molecule has 3 atom stereocenters. The van der Waals surface area contributed by atoms with E-state index in [9.17, 15) is 5.11 Å². The molecule has 3 unspecified atom stereocenters. The van der Waals surface area contributed by atoms with Gasteiger partial charge >= 0.3 is 0 Å². The topological polar surface area (TPSA) is 47.9 Å². The number of methoxy groups -OCH3 is 1. The monoisotopic (exact) mass is 524 g/mol. The summed E-state index contributed by atoms with van der Waals surface area (Å²) >= 11 is 0. The van der Waals surface area contributed by atoms with Crippen molar-refractivity contribution < 1.29 is 19.3 Å². The summed E-state index contributed by atoms with van der Waals surface area (Å²) in [6.45, 7) is 19.9. The van der Waals surface area contributed by atoms with Crippen molar-refractivity contribution >= 4 is 0 Å². The normalized spacial score (nSPS) is 18.9. The van der Waals surface area contributed by atoms with Crippen LogP contribution in [0.1, 0.15) is 120 Å². The van der Waals surface area contributed by atoms with E-state index in [4.69, 9.17) is 14.2 Å². The van der Waals surface area contributed by atoms with Gasteiger partial charge in [0.05, 0.1) is 25.9 Å². The average Bonchev–Trinajstić information content (AvgIpc) is 2.84. The van der Waals surface area contributed by atoms with Crippen LogP contribution in [-0.4, -0.2) is 25.4 Å². The van der Waals surface area contributed by atoms with E-state index in [-0.39, 0.29) is 18.1 Å². The zero-order valence-electron chi connectivity index (χ0n) is 25.4. The molecule has 0 spiro atoms. The molecule has 0 saturated heterocycles. The Kier molecular flexibility index (Phi) is 10.5. The first-order valence-electron chi connectivity index (χ1n) is 14.4. The molecule has 0 heterocycles. The van der Waals surface area contributed by atoms with E-state index in [1.54, 1.807) is 7.11 Å². The lowest BCUT2D eigenvalue weighted by molar-refractivity contribution is 0.0129. The molecule has 0 radical (unpaired) electrons. The molecular weight excluding hydrogens is 472 g/mol. The van der Waals surface area contributed by atoms with Crippen LogP contribution in [0, 0.1) is 16.7 Å². The molecule has 212 valence electrons. The van der Waals surface area contributed by atoms with Crippen molar-refractivity contribution in [3.05, 3.63) is 64.2 Å². The maximum atomic E-state index is 10.0. The fourth-order valence-electron chi connectivity index (χ4n) is 6.10. The van der Waals surface area contributed by atoms with Crippen molar-refractivity contribution in [2.24, 2.45) is 16.7 Å². The maximum absolute atomic E-state index is 10.0. The minimum absolute atomic E-state index is 0.0611. The third-order valence-electron chi connectivity index (χ3n) is 7.96. The summed E-state index contributed by atoms with van der Waals surface area (Å²) in [5, 5.41) is 10.0. The van der Waals surface area contributed by atoms with E-state index < -0.39 is 0 Å². The molecule has 0 saturated carbocycles. The number of ether oxygens (including phenoxy) is 3. The second-order valence-electron chi connectivity index (χ2n) is 13.7. The van der Waals surface area contributed by atoms with Crippen LogP contribution in [0.3, 0.4) is 0 Å². The highest BCUT2D eigenvalue weighted by Crippen LogP contribution is 2.51. The van der Waals surface area contributed by atoms with Crippen LogP contribution >= 0.6 is 0 Å². The first-order chi connectivity index (χ1) is 17.9. The largest absolute Gasteiger partial charge is 0.490 e. The van der Waals surface area contributed by atoms with E-state index in [0.717, 1.165) is 29.7 Å². The summed E-state index contributed by atoms with van der Waals surface area (Å²) in [6, 6.07) is 13.1. The minimum Gasteiger partial charge on any atom is -0.490 e. The van der Waals surface area contributed by atoms with E-state index in [2.05, 4.69) is 85.7 Å². The summed E-state index contributed by atoms with van der Waals surface area (Å²) in [6.07, 6.45) is 3.46. The van der Waals surface area contributed by atoms with Crippen LogP contribution in [0.5, 0.6) is 5.75 Å². The van der Waals surface area contributed by atoms with Crippen molar-refractivity contribution in [2.75, 3.05) is 20.3 Å². The molecule has 3 rings (SSSR count). The molecule has 4 nitrogen and oxygen atoms in total. The molecule has 2 aromatic carbocycles. The number of aliphatic hydroxyl groups excluding tert-OH is 1. The number of hydrogen-bond donors (Lipinski definition) is 1. The van der Waals surface area contributed by atoms with Crippen molar-refractivity contribution in [3.63, 3.8) is 0 Å². The molecule has 0 aromatic heterocycles. The average molecular weight is 525 g/mol. The Morgan fingerprint density at radius 2 is 1.58 bits per heavy atom. The number of aliphatic hydroxyl groups is 1. The van der Waals surface area contributed by atoms with Crippen LogP contribution in [0.25, 0.3) is 0 Å². The fourth-order valence-corrected chi connectivity index (χ4v) is 6.10. The van der Waals surface area contributed by atoms with E-state index in [1.165, 1.54) is 23.1 Å². The van der Waals surface area contributed by atoms with Crippen LogP contribution in [-0.2, 0) is 22.7 Å². The molecule has 1 N–H and O–H groups in total. The second-order valence-corrected chi connectivity index (χ2v) is 13.7. The number of rotatable bonds is 11. The van der Waals surface area contributed by atoms with Gasteiger partial charge in [0.1, 0.15) is 12.4 Å². The van der Waals surface area contributed by atoms with Gasteiger partial charge in [0.15, 0.2) is 0 Å². The maximum Gasteiger partial charge on any atom is 0.130 e. The lowest BCUT2D eigenvalue weighted by Crippen LogP contribution is -2.33. The first kappa shape index (κ1) is 30.7. The van der Waals surface area contributed by atoms with Gasteiger partial charge in [-0.3, -0.25) is 0 Å². The first-order valence-corrected chi connectivity index (χ1v) is 14.4. The quantitative estimate of drug-likeness (QED) is 0.299. The summed E-state index contributed by atoms with van der Waals surface area (Å²) in [5.74, 6) is 2.24. The molecule has 1 aliphatic rings. The van der Waals surface area contributed by atoms with Crippen LogP contribution in [0.2, 0.25) is 0 Å². The molecule has 0 fully saturated rings. The lowest BCUT2D eigenvalue weighted by Gasteiger charge is -2.44. The molecule has 4 heteroatoms. The zero-order chi connectivity index (χ0) is 28.1.